The molecule has 0 aromatic heterocycles. The lowest BCUT2D eigenvalue weighted by molar-refractivity contribution is 0.317. The molecule has 1 unspecified atom stereocenters. The molecule has 2 N–H and O–H groups in total. The van der Waals surface area contributed by atoms with E-state index in [1.807, 2.05) is 18.2 Å². The minimum atomic E-state index is 0.187. The number of hydrogen-bond acceptors (Lipinski definition) is 3. The van der Waals surface area contributed by atoms with E-state index in [1.165, 1.54) is 5.56 Å². The summed E-state index contributed by atoms with van der Waals surface area (Å²) in [6, 6.07) is 6.17. The van der Waals surface area contributed by atoms with E-state index in [4.69, 9.17) is 15.2 Å². The topological polar surface area (TPSA) is 44.5 Å². The van der Waals surface area contributed by atoms with Crippen LogP contribution in [0.25, 0.3) is 0 Å². The molecule has 0 saturated heterocycles. The molecule has 106 valence electrons. The van der Waals surface area contributed by atoms with Crippen molar-refractivity contribution in [3.63, 3.8) is 0 Å². The van der Waals surface area contributed by atoms with Gasteiger partial charge in [0.15, 0.2) is 11.5 Å². The number of ether oxygens (including phenoxy) is 2. The highest BCUT2D eigenvalue weighted by atomic mass is 16.5. The molecular formula is C16H25NO2. The first-order chi connectivity index (χ1) is 9.10. The minimum Gasteiger partial charge on any atom is -0.493 e. The van der Waals surface area contributed by atoms with Gasteiger partial charge in [-0.2, -0.15) is 0 Å². The largest absolute Gasteiger partial charge is 0.493 e. The van der Waals surface area contributed by atoms with Gasteiger partial charge in [0.2, 0.25) is 0 Å². The van der Waals surface area contributed by atoms with Crippen LogP contribution >= 0.6 is 0 Å². The van der Waals surface area contributed by atoms with Crippen LogP contribution in [0.1, 0.15) is 32.3 Å². The maximum absolute atomic E-state index is 5.98. The molecule has 0 aliphatic rings. The van der Waals surface area contributed by atoms with Gasteiger partial charge in [-0.05, 0) is 42.5 Å². The van der Waals surface area contributed by atoms with Crippen LogP contribution in [-0.4, -0.2) is 19.8 Å². The van der Waals surface area contributed by atoms with Crippen LogP contribution in [0.15, 0.2) is 30.4 Å². The number of nitrogens with two attached hydrogens (primary N) is 1. The Labute approximate surface area is 116 Å². The Morgan fingerprint density at radius 2 is 2.05 bits per heavy atom. The number of benzene rings is 1. The van der Waals surface area contributed by atoms with Gasteiger partial charge in [0.25, 0.3) is 0 Å². The SMILES string of the molecule is C=C(CC)COc1cc(CC(N)CC)ccc1OC. The summed E-state index contributed by atoms with van der Waals surface area (Å²) < 4.78 is 11.1. The summed E-state index contributed by atoms with van der Waals surface area (Å²) >= 11 is 0. The molecule has 0 amide bonds. The highest BCUT2D eigenvalue weighted by molar-refractivity contribution is 5.43. The van der Waals surface area contributed by atoms with Gasteiger partial charge in [-0.15, -0.1) is 0 Å². The number of methoxy groups -OCH3 is 1. The van der Waals surface area contributed by atoms with Gasteiger partial charge in [-0.25, -0.2) is 0 Å². The van der Waals surface area contributed by atoms with E-state index in [2.05, 4.69) is 20.4 Å². The minimum absolute atomic E-state index is 0.187. The summed E-state index contributed by atoms with van der Waals surface area (Å²) in [7, 11) is 1.65. The normalized spacial score (nSPS) is 12.0. The molecule has 0 fully saturated rings. The van der Waals surface area contributed by atoms with E-state index >= 15 is 0 Å². The van der Waals surface area contributed by atoms with Gasteiger partial charge >= 0.3 is 0 Å². The Bertz CT molecular complexity index is 415. The monoisotopic (exact) mass is 263 g/mol. The second-order valence-electron chi connectivity index (χ2n) is 4.75. The highest BCUT2D eigenvalue weighted by Crippen LogP contribution is 2.29. The van der Waals surface area contributed by atoms with Crippen molar-refractivity contribution < 1.29 is 9.47 Å². The summed E-state index contributed by atoms with van der Waals surface area (Å²) in [4.78, 5) is 0. The average Bonchev–Trinajstić information content (AvgIpc) is 2.44. The maximum atomic E-state index is 5.98. The molecule has 3 heteroatoms. The number of rotatable bonds is 8. The molecule has 0 radical (unpaired) electrons. The lowest BCUT2D eigenvalue weighted by Gasteiger charge is -2.14. The van der Waals surface area contributed by atoms with E-state index in [-0.39, 0.29) is 6.04 Å². The zero-order chi connectivity index (χ0) is 14.3. The fourth-order valence-electron chi connectivity index (χ4n) is 1.69. The first-order valence-corrected chi connectivity index (χ1v) is 6.82. The zero-order valence-electron chi connectivity index (χ0n) is 12.2. The Hall–Kier alpha value is -1.48. The van der Waals surface area contributed by atoms with Crippen molar-refractivity contribution in [1.29, 1.82) is 0 Å². The van der Waals surface area contributed by atoms with Gasteiger partial charge in [0, 0.05) is 6.04 Å². The zero-order valence-corrected chi connectivity index (χ0v) is 12.2. The van der Waals surface area contributed by atoms with Crippen LogP contribution in [-0.2, 0) is 6.42 Å². The van der Waals surface area contributed by atoms with Crippen LogP contribution in [0.5, 0.6) is 11.5 Å². The average molecular weight is 263 g/mol. The summed E-state index contributed by atoms with van der Waals surface area (Å²) in [6.45, 7) is 8.63. The molecule has 3 nitrogen and oxygen atoms in total. The standard InChI is InChI=1S/C16H25NO2/c1-5-12(3)11-19-16-10-13(9-14(17)6-2)7-8-15(16)18-4/h7-8,10,14H,3,5-6,9,11,17H2,1-2,4H3. The van der Waals surface area contributed by atoms with Crippen LogP contribution in [0, 0.1) is 0 Å². The fraction of sp³-hybridized carbons (Fsp3) is 0.500. The molecule has 0 heterocycles. The van der Waals surface area contributed by atoms with Crippen LogP contribution < -0.4 is 15.2 Å². The lowest BCUT2D eigenvalue weighted by atomic mass is 10.0. The predicted octanol–water partition coefficient (Wildman–Crippen LogP) is 3.32. The van der Waals surface area contributed by atoms with Crippen LogP contribution in [0.2, 0.25) is 0 Å². The first kappa shape index (κ1) is 15.6. The van der Waals surface area contributed by atoms with Crippen molar-refractivity contribution in [1.82, 2.24) is 0 Å². The van der Waals surface area contributed by atoms with Crippen molar-refractivity contribution in [2.45, 2.75) is 39.2 Å². The molecule has 1 aromatic carbocycles. The van der Waals surface area contributed by atoms with E-state index in [0.29, 0.717) is 6.61 Å². The second kappa shape index (κ2) is 7.85. The molecule has 0 aliphatic carbocycles. The quantitative estimate of drug-likeness (QED) is 0.732. The molecule has 1 atom stereocenters. The van der Waals surface area contributed by atoms with Crippen molar-refractivity contribution in [2.75, 3.05) is 13.7 Å². The molecule has 0 bridgehead atoms. The van der Waals surface area contributed by atoms with Gasteiger partial charge in [-0.1, -0.05) is 26.5 Å². The third-order valence-electron chi connectivity index (χ3n) is 3.18. The van der Waals surface area contributed by atoms with Crippen LogP contribution in [0.4, 0.5) is 0 Å². The van der Waals surface area contributed by atoms with Crippen molar-refractivity contribution >= 4 is 0 Å². The molecule has 0 aliphatic heterocycles. The van der Waals surface area contributed by atoms with Crippen LogP contribution in [0.3, 0.4) is 0 Å². The maximum Gasteiger partial charge on any atom is 0.161 e. The lowest BCUT2D eigenvalue weighted by Crippen LogP contribution is -2.21. The van der Waals surface area contributed by atoms with Gasteiger partial charge < -0.3 is 15.2 Å². The molecule has 19 heavy (non-hydrogen) atoms. The molecule has 0 spiro atoms. The summed E-state index contributed by atoms with van der Waals surface area (Å²) in [6.07, 6.45) is 2.74. The summed E-state index contributed by atoms with van der Waals surface area (Å²) in [5, 5.41) is 0. The summed E-state index contributed by atoms with van der Waals surface area (Å²) in [5.41, 5.74) is 8.22. The van der Waals surface area contributed by atoms with Gasteiger partial charge in [0.1, 0.15) is 6.61 Å². The third-order valence-corrected chi connectivity index (χ3v) is 3.18. The van der Waals surface area contributed by atoms with E-state index in [9.17, 15) is 0 Å². The molecular weight excluding hydrogens is 238 g/mol. The highest BCUT2D eigenvalue weighted by Gasteiger charge is 2.08. The van der Waals surface area contributed by atoms with E-state index < -0.39 is 0 Å². The van der Waals surface area contributed by atoms with Crippen molar-refractivity contribution in [3.05, 3.63) is 35.9 Å². The Morgan fingerprint density at radius 1 is 1.32 bits per heavy atom. The Balaban J connectivity index is 2.80. The Kier molecular flexibility index (Phi) is 6.43. The molecule has 0 saturated carbocycles. The molecule has 1 aromatic rings. The molecule has 1 rings (SSSR count). The predicted molar refractivity (Wildman–Crippen MR) is 79.9 cm³/mol. The Morgan fingerprint density at radius 3 is 2.63 bits per heavy atom. The second-order valence-corrected chi connectivity index (χ2v) is 4.75. The van der Waals surface area contributed by atoms with Gasteiger partial charge in [0.05, 0.1) is 7.11 Å². The summed E-state index contributed by atoms with van der Waals surface area (Å²) in [5.74, 6) is 1.51. The third kappa shape index (κ3) is 4.95. The smallest absolute Gasteiger partial charge is 0.161 e. The first-order valence-electron chi connectivity index (χ1n) is 6.82. The van der Waals surface area contributed by atoms with Crippen molar-refractivity contribution in [2.24, 2.45) is 5.73 Å². The van der Waals surface area contributed by atoms with E-state index in [0.717, 1.165) is 36.3 Å². The van der Waals surface area contributed by atoms with E-state index in [1.54, 1.807) is 7.11 Å². The van der Waals surface area contributed by atoms with Gasteiger partial charge in [-0.3, -0.25) is 0 Å². The van der Waals surface area contributed by atoms with Crippen molar-refractivity contribution in [3.8, 4) is 11.5 Å². The fourth-order valence-corrected chi connectivity index (χ4v) is 1.69. The number of hydrogen-bond donors (Lipinski definition) is 1.